The van der Waals surface area contributed by atoms with Crippen LogP contribution in [0, 0.1) is 0 Å². The summed E-state index contributed by atoms with van der Waals surface area (Å²) in [6.07, 6.45) is -1.93. The Bertz CT molecular complexity index is 2380. The average molecular weight is 931 g/mol. The number of guanidine groups is 2. The third-order valence-corrected chi connectivity index (χ3v) is 8.47. The molecule has 352 valence electrons. The number of nitrogens with zero attached hydrogens (tertiary/aromatic N) is 2. The van der Waals surface area contributed by atoms with Crippen molar-refractivity contribution < 1.29 is 82.5 Å². The second-order valence-electron chi connectivity index (χ2n) is 13.5. The fourth-order valence-corrected chi connectivity index (χ4v) is 5.47. The Morgan fingerprint density at radius 2 is 0.866 bits per heavy atom. The van der Waals surface area contributed by atoms with Gasteiger partial charge in [0.05, 0.1) is 59.7 Å². The van der Waals surface area contributed by atoms with Gasteiger partial charge in [0.25, 0.3) is 11.8 Å². The van der Waals surface area contributed by atoms with Gasteiger partial charge < -0.3 is 77.7 Å². The van der Waals surface area contributed by atoms with Crippen LogP contribution in [0.2, 0.25) is 0 Å². The summed E-state index contributed by atoms with van der Waals surface area (Å²) in [6.45, 7) is -0.829. The zero-order valence-corrected chi connectivity index (χ0v) is 34.8. The molecule has 1 unspecified atom stereocenters. The monoisotopic (exact) mass is 930 g/mol. The number of carbonyl (C=O) groups is 8. The number of carboxylic acids is 4. The summed E-state index contributed by atoms with van der Waals surface area (Å²) in [5, 5.41) is 41.5. The van der Waals surface area contributed by atoms with E-state index in [9.17, 15) is 48.6 Å². The second kappa shape index (κ2) is 24.0. The molecule has 25 heteroatoms. The predicted molar refractivity (Wildman–Crippen MR) is 231 cm³/mol. The highest BCUT2D eigenvalue weighted by atomic mass is 16.6. The summed E-state index contributed by atoms with van der Waals surface area (Å²) in [4.78, 5) is 106. The fraction of sp³-hybridized carbons (Fsp3) is 0.190. The molecule has 4 aromatic carbocycles. The molecule has 0 fully saturated rings. The topological polar surface area (TPSA) is 416 Å². The molecule has 0 radical (unpaired) electrons. The molecule has 0 aliphatic carbocycles. The SMILES string of the molecule is NC(N)=Nc1ccc(C(=O)Oc2ccc(OCCOCCOc3ccc(OC(=O)c4ccc(N=C(N)N)cc4)cc3C(=O)N[C@H](CC(=O)O)C(=O)O)c(C(=O)NC(CC(=O)O)C(=O)O)c2)cc1. The van der Waals surface area contributed by atoms with E-state index in [1.165, 1.54) is 72.8 Å². The minimum atomic E-state index is -1.85. The quantitative estimate of drug-likeness (QED) is 0.0152. The van der Waals surface area contributed by atoms with Crippen molar-refractivity contribution in [1.29, 1.82) is 0 Å². The maximum Gasteiger partial charge on any atom is 0.343 e. The van der Waals surface area contributed by atoms with Crippen molar-refractivity contribution in [2.45, 2.75) is 24.9 Å². The molecule has 25 nitrogen and oxygen atoms in total. The molecule has 2 amide bonds. The Kier molecular flexibility index (Phi) is 18.0. The minimum absolute atomic E-state index is 0.0687. The molecular formula is C42H42N8O17. The summed E-state index contributed by atoms with van der Waals surface area (Å²) in [6, 6.07) is 14.7. The fourth-order valence-electron chi connectivity index (χ4n) is 5.47. The summed E-state index contributed by atoms with van der Waals surface area (Å²) in [5.41, 5.74) is 21.6. The summed E-state index contributed by atoms with van der Waals surface area (Å²) in [5.74, 6) is -11.3. The molecule has 0 heterocycles. The number of aliphatic imine (C=N–C) groups is 2. The normalized spacial score (nSPS) is 11.3. The molecule has 0 saturated carbocycles. The van der Waals surface area contributed by atoms with Crippen molar-refractivity contribution in [3.8, 4) is 23.0 Å². The first-order chi connectivity index (χ1) is 31.8. The molecule has 0 spiro atoms. The van der Waals surface area contributed by atoms with E-state index >= 15 is 0 Å². The second-order valence-corrected chi connectivity index (χ2v) is 13.5. The van der Waals surface area contributed by atoms with Gasteiger partial charge in [0.1, 0.15) is 48.3 Å². The number of nitrogens with two attached hydrogens (primary N) is 4. The van der Waals surface area contributed by atoms with E-state index in [4.69, 9.17) is 56.8 Å². The molecule has 0 saturated heterocycles. The zero-order chi connectivity index (χ0) is 49.2. The third-order valence-electron chi connectivity index (χ3n) is 8.47. The number of aliphatic carboxylic acids is 4. The molecule has 4 aromatic rings. The van der Waals surface area contributed by atoms with Crippen LogP contribution in [0.15, 0.2) is 94.9 Å². The van der Waals surface area contributed by atoms with Crippen molar-refractivity contribution in [2.75, 3.05) is 26.4 Å². The Labute approximate surface area is 377 Å². The maximum absolute atomic E-state index is 13.3. The van der Waals surface area contributed by atoms with Gasteiger partial charge in [0.2, 0.25) is 0 Å². The van der Waals surface area contributed by atoms with E-state index in [0.29, 0.717) is 11.4 Å². The molecule has 0 aliphatic heterocycles. The van der Waals surface area contributed by atoms with E-state index in [2.05, 4.69) is 20.6 Å². The zero-order valence-electron chi connectivity index (χ0n) is 34.8. The number of rotatable bonds is 24. The Hall–Kier alpha value is -9.26. The number of amides is 2. The van der Waals surface area contributed by atoms with Crippen LogP contribution < -0.4 is 52.5 Å². The number of carbonyl (C=O) groups excluding carboxylic acids is 4. The van der Waals surface area contributed by atoms with Gasteiger partial charge in [-0.1, -0.05) is 0 Å². The number of ether oxygens (including phenoxy) is 5. The lowest BCUT2D eigenvalue weighted by Gasteiger charge is -2.17. The standard InChI is InChI=1S/C42H42N8O17/c43-41(44)47-23-5-1-21(2-6-23)39(61)66-25-9-11-31(27(17-25)35(55)49-29(37(57)58)19-33(51)52)64-15-13-63-14-16-65-32-12-10-26(18-28(32)36(56)50-30(38(59)60)20-34(53)54)67-40(62)22-3-7-24(8-4-22)48-42(45)46/h1-12,17-18,29-30H,13-16,19-20H2,(H,49,55)(H,50,56)(H,51,52)(H,53,54)(H,57,58)(H,59,60)(H4,43,44,47)(H4,45,46,48)/t29-,30?/m1/s1. The summed E-state index contributed by atoms with van der Waals surface area (Å²) >= 11 is 0. The van der Waals surface area contributed by atoms with E-state index < -0.39 is 72.6 Å². The van der Waals surface area contributed by atoms with Gasteiger partial charge in [-0.3, -0.25) is 19.2 Å². The van der Waals surface area contributed by atoms with Crippen LogP contribution >= 0.6 is 0 Å². The highest BCUT2D eigenvalue weighted by molar-refractivity contribution is 6.01. The van der Waals surface area contributed by atoms with Gasteiger partial charge in [0.15, 0.2) is 11.9 Å². The van der Waals surface area contributed by atoms with Crippen LogP contribution in [0.1, 0.15) is 54.3 Å². The van der Waals surface area contributed by atoms with Crippen LogP contribution in [0.4, 0.5) is 11.4 Å². The number of benzene rings is 4. The van der Waals surface area contributed by atoms with Crippen molar-refractivity contribution in [3.05, 3.63) is 107 Å². The third kappa shape index (κ3) is 16.1. The molecule has 67 heavy (non-hydrogen) atoms. The molecule has 0 aromatic heterocycles. The van der Waals surface area contributed by atoms with Crippen LogP contribution in [-0.4, -0.2) is 118 Å². The first-order valence-corrected chi connectivity index (χ1v) is 19.3. The Balaban J connectivity index is 1.44. The highest BCUT2D eigenvalue weighted by Crippen LogP contribution is 2.28. The lowest BCUT2D eigenvalue weighted by atomic mass is 10.1. The van der Waals surface area contributed by atoms with Gasteiger partial charge in [0, 0.05) is 0 Å². The summed E-state index contributed by atoms with van der Waals surface area (Å²) < 4.78 is 27.8. The lowest BCUT2D eigenvalue weighted by molar-refractivity contribution is -0.145. The van der Waals surface area contributed by atoms with Crippen LogP contribution in [-0.2, 0) is 23.9 Å². The van der Waals surface area contributed by atoms with Gasteiger partial charge in [-0.25, -0.2) is 29.2 Å². The number of hydrogen-bond acceptors (Lipinski definition) is 15. The van der Waals surface area contributed by atoms with Crippen molar-refractivity contribution in [2.24, 2.45) is 32.9 Å². The molecular weight excluding hydrogens is 889 g/mol. The summed E-state index contributed by atoms with van der Waals surface area (Å²) in [7, 11) is 0. The van der Waals surface area contributed by atoms with E-state index in [1.54, 1.807) is 0 Å². The largest absolute Gasteiger partial charge is 0.490 e. The molecule has 4 rings (SSSR count). The highest BCUT2D eigenvalue weighted by Gasteiger charge is 2.27. The maximum atomic E-state index is 13.3. The number of nitrogens with one attached hydrogen (secondary N) is 2. The van der Waals surface area contributed by atoms with Gasteiger partial charge >= 0.3 is 35.8 Å². The molecule has 2 atom stereocenters. The van der Waals surface area contributed by atoms with Crippen molar-refractivity contribution in [1.82, 2.24) is 10.6 Å². The van der Waals surface area contributed by atoms with E-state index in [-0.39, 0.29) is 83.6 Å². The minimum Gasteiger partial charge on any atom is -0.490 e. The average Bonchev–Trinajstić information content (AvgIpc) is 3.25. The number of hydrogen-bond donors (Lipinski definition) is 10. The van der Waals surface area contributed by atoms with E-state index in [1.807, 2.05) is 0 Å². The first-order valence-electron chi connectivity index (χ1n) is 19.3. The van der Waals surface area contributed by atoms with E-state index in [0.717, 1.165) is 12.1 Å². The van der Waals surface area contributed by atoms with Gasteiger partial charge in [-0.15, -0.1) is 0 Å². The molecule has 0 aliphatic rings. The van der Waals surface area contributed by atoms with Gasteiger partial charge in [-0.2, -0.15) is 0 Å². The Morgan fingerprint density at radius 3 is 1.18 bits per heavy atom. The molecule has 14 N–H and O–H groups in total. The lowest BCUT2D eigenvalue weighted by Crippen LogP contribution is -2.42. The molecule has 0 bridgehead atoms. The Morgan fingerprint density at radius 1 is 0.507 bits per heavy atom. The number of carboxylic acid groups (broad SMARTS) is 4. The van der Waals surface area contributed by atoms with Crippen LogP contribution in [0.3, 0.4) is 0 Å². The number of esters is 2. The smallest absolute Gasteiger partial charge is 0.343 e. The first kappa shape index (κ1) is 50.4. The van der Waals surface area contributed by atoms with Crippen LogP contribution in [0.25, 0.3) is 0 Å². The predicted octanol–water partition coefficient (Wildman–Crippen LogP) is 0.725. The van der Waals surface area contributed by atoms with Crippen molar-refractivity contribution in [3.63, 3.8) is 0 Å². The van der Waals surface area contributed by atoms with Crippen LogP contribution in [0.5, 0.6) is 23.0 Å². The van der Waals surface area contributed by atoms with Crippen molar-refractivity contribution >= 4 is 70.9 Å². The van der Waals surface area contributed by atoms with Gasteiger partial charge in [-0.05, 0) is 84.9 Å².